The standard InChI is InChI=1S/C20H27N/c1-13-12-14(2)16(4)19(15(13)3)20(21-6)17(5)18-10-8-7-9-11-18/h7-12,17,20-21H,1-6H3. The van der Waals surface area contributed by atoms with E-state index >= 15 is 0 Å². The van der Waals surface area contributed by atoms with E-state index in [0.29, 0.717) is 12.0 Å². The van der Waals surface area contributed by atoms with E-state index in [0.717, 1.165) is 0 Å². The molecule has 0 aliphatic carbocycles. The van der Waals surface area contributed by atoms with Gasteiger partial charge in [-0.1, -0.05) is 43.3 Å². The average Bonchev–Trinajstić information content (AvgIpc) is 2.50. The maximum absolute atomic E-state index is 3.55. The number of benzene rings is 2. The van der Waals surface area contributed by atoms with Crippen molar-refractivity contribution in [3.8, 4) is 0 Å². The van der Waals surface area contributed by atoms with Crippen LogP contribution in [0.4, 0.5) is 0 Å². The zero-order chi connectivity index (χ0) is 15.6. The van der Waals surface area contributed by atoms with Crippen LogP contribution < -0.4 is 5.32 Å². The highest BCUT2D eigenvalue weighted by Gasteiger charge is 2.23. The monoisotopic (exact) mass is 281 g/mol. The summed E-state index contributed by atoms with van der Waals surface area (Å²) >= 11 is 0. The van der Waals surface area contributed by atoms with Gasteiger partial charge in [0.15, 0.2) is 0 Å². The van der Waals surface area contributed by atoms with Gasteiger partial charge >= 0.3 is 0 Å². The minimum Gasteiger partial charge on any atom is -0.312 e. The van der Waals surface area contributed by atoms with Crippen molar-refractivity contribution in [1.82, 2.24) is 5.32 Å². The summed E-state index contributed by atoms with van der Waals surface area (Å²) in [6, 6.07) is 13.4. The zero-order valence-electron chi connectivity index (χ0n) is 14.1. The largest absolute Gasteiger partial charge is 0.312 e. The van der Waals surface area contributed by atoms with Gasteiger partial charge in [-0.25, -0.2) is 0 Å². The van der Waals surface area contributed by atoms with Gasteiger partial charge in [-0.15, -0.1) is 0 Å². The molecule has 0 spiro atoms. The minimum absolute atomic E-state index is 0.339. The van der Waals surface area contributed by atoms with Crippen molar-refractivity contribution >= 4 is 0 Å². The van der Waals surface area contributed by atoms with E-state index in [1.54, 1.807) is 0 Å². The van der Waals surface area contributed by atoms with Crippen molar-refractivity contribution in [2.45, 2.75) is 46.6 Å². The predicted molar refractivity (Wildman–Crippen MR) is 92.0 cm³/mol. The van der Waals surface area contributed by atoms with E-state index in [1.165, 1.54) is 33.4 Å². The van der Waals surface area contributed by atoms with Gasteiger partial charge in [0, 0.05) is 12.0 Å². The van der Waals surface area contributed by atoms with Crippen LogP contribution in [0.1, 0.15) is 52.3 Å². The first-order chi connectivity index (χ1) is 9.97. The Morgan fingerprint density at radius 2 is 1.38 bits per heavy atom. The second-order valence-corrected chi connectivity index (χ2v) is 6.14. The lowest BCUT2D eigenvalue weighted by Crippen LogP contribution is -2.24. The third kappa shape index (κ3) is 3.03. The molecular formula is C20H27N. The quantitative estimate of drug-likeness (QED) is 0.833. The molecule has 0 heterocycles. The molecule has 21 heavy (non-hydrogen) atoms. The van der Waals surface area contributed by atoms with Crippen LogP contribution in [-0.4, -0.2) is 7.05 Å². The van der Waals surface area contributed by atoms with E-state index in [9.17, 15) is 0 Å². The van der Waals surface area contributed by atoms with Gasteiger partial charge in [-0.3, -0.25) is 0 Å². The summed E-state index contributed by atoms with van der Waals surface area (Å²) in [5, 5.41) is 3.55. The molecule has 0 aliphatic rings. The lowest BCUT2D eigenvalue weighted by Gasteiger charge is -2.29. The maximum Gasteiger partial charge on any atom is 0.0389 e. The first-order valence-electron chi connectivity index (χ1n) is 7.76. The summed E-state index contributed by atoms with van der Waals surface area (Å²) in [7, 11) is 2.07. The lowest BCUT2D eigenvalue weighted by atomic mass is 9.82. The molecule has 1 N–H and O–H groups in total. The Bertz CT molecular complexity index is 587. The van der Waals surface area contributed by atoms with Crippen molar-refractivity contribution in [2.24, 2.45) is 0 Å². The van der Waals surface area contributed by atoms with Crippen molar-refractivity contribution in [1.29, 1.82) is 0 Å². The van der Waals surface area contributed by atoms with E-state index in [2.05, 4.69) is 83.4 Å². The van der Waals surface area contributed by atoms with Crippen molar-refractivity contribution in [3.63, 3.8) is 0 Å². The van der Waals surface area contributed by atoms with Crippen LogP contribution in [0.3, 0.4) is 0 Å². The molecule has 112 valence electrons. The Hall–Kier alpha value is -1.60. The minimum atomic E-state index is 0.339. The molecule has 0 bridgehead atoms. The Morgan fingerprint density at radius 1 is 0.857 bits per heavy atom. The van der Waals surface area contributed by atoms with Gasteiger partial charge in [0.2, 0.25) is 0 Å². The molecule has 0 radical (unpaired) electrons. The van der Waals surface area contributed by atoms with E-state index in [1.807, 2.05) is 0 Å². The molecule has 0 aromatic heterocycles. The summed E-state index contributed by atoms with van der Waals surface area (Å²) in [6.45, 7) is 11.2. The second kappa shape index (κ2) is 6.44. The number of hydrogen-bond acceptors (Lipinski definition) is 1. The molecule has 1 nitrogen and oxygen atoms in total. The summed E-state index contributed by atoms with van der Waals surface area (Å²) in [6.07, 6.45) is 0. The molecule has 2 aromatic carbocycles. The summed E-state index contributed by atoms with van der Waals surface area (Å²) in [5.41, 5.74) is 8.45. The molecule has 2 aromatic rings. The Morgan fingerprint density at radius 3 is 1.86 bits per heavy atom. The second-order valence-electron chi connectivity index (χ2n) is 6.14. The van der Waals surface area contributed by atoms with Crippen LogP contribution in [0.5, 0.6) is 0 Å². The zero-order valence-corrected chi connectivity index (χ0v) is 14.1. The fourth-order valence-electron chi connectivity index (χ4n) is 3.31. The van der Waals surface area contributed by atoms with Gasteiger partial charge in [-0.05, 0) is 68.1 Å². The van der Waals surface area contributed by atoms with Crippen LogP contribution in [0, 0.1) is 27.7 Å². The first kappa shape index (κ1) is 15.8. The van der Waals surface area contributed by atoms with Crippen LogP contribution in [0.15, 0.2) is 36.4 Å². The molecule has 2 unspecified atom stereocenters. The van der Waals surface area contributed by atoms with Gasteiger partial charge in [0.05, 0.1) is 0 Å². The van der Waals surface area contributed by atoms with Crippen LogP contribution in [0.2, 0.25) is 0 Å². The highest BCUT2D eigenvalue weighted by molar-refractivity contribution is 5.47. The number of nitrogens with one attached hydrogen (secondary N) is 1. The van der Waals surface area contributed by atoms with E-state index in [-0.39, 0.29) is 0 Å². The molecule has 0 aliphatic heterocycles. The topological polar surface area (TPSA) is 12.0 Å². The van der Waals surface area contributed by atoms with Gasteiger partial charge in [0.1, 0.15) is 0 Å². The molecule has 2 atom stereocenters. The number of likely N-dealkylation sites (N-methyl/N-ethyl adjacent to an activating group) is 1. The third-order valence-electron chi connectivity index (χ3n) is 4.87. The van der Waals surface area contributed by atoms with Gasteiger partial charge in [0.25, 0.3) is 0 Å². The van der Waals surface area contributed by atoms with Gasteiger partial charge < -0.3 is 5.32 Å². The highest BCUT2D eigenvalue weighted by Crippen LogP contribution is 2.36. The fourth-order valence-corrected chi connectivity index (χ4v) is 3.31. The Balaban J connectivity index is 2.52. The normalized spacial score (nSPS) is 14.0. The molecule has 0 saturated carbocycles. The smallest absolute Gasteiger partial charge is 0.0389 e. The van der Waals surface area contributed by atoms with Crippen LogP contribution in [-0.2, 0) is 0 Å². The van der Waals surface area contributed by atoms with Crippen LogP contribution >= 0.6 is 0 Å². The Kier molecular flexibility index (Phi) is 4.84. The molecule has 2 rings (SSSR count). The maximum atomic E-state index is 3.55. The lowest BCUT2D eigenvalue weighted by molar-refractivity contribution is 0.503. The molecule has 0 amide bonds. The van der Waals surface area contributed by atoms with Crippen LogP contribution in [0.25, 0.3) is 0 Å². The number of hydrogen-bond donors (Lipinski definition) is 1. The summed E-state index contributed by atoms with van der Waals surface area (Å²) < 4.78 is 0. The van der Waals surface area contributed by atoms with E-state index < -0.39 is 0 Å². The predicted octanol–water partition coefficient (Wildman–Crippen LogP) is 4.98. The van der Waals surface area contributed by atoms with Crippen molar-refractivity contribution < 1.29 is 0 Å². The van der Waals surface area contributed by atoms with Crippen molar-refractivity contribution in [2.75, 3.05) is 7.05 Å². The molecular weight excluding hydrogens is 254 g/mol. The summed E-state index contributed by atoms with van der Waals surface area (Å²) in [4.78, 5) is 0. The fraction of sp³-hybridized carbons (Fsp3) is 0.400. The molecule has 1 heteroatoms. The van der Waals surface area contributed by atoms with E-state index in [4.69, 9.17) is 0 Å². The molecule has 0 saturated heterocycles. The highest BCUT2D eigenvalue weighted by atomic mass is 14.9. The van der Waals surface area contributed by atoms with Crippen molar-refractivity contribution in [3.05, 3.63) is 69.8 Å². The first-order valence-corrected chi connectivity index (χ1v) is 7.76. The Labute approximate surface area is 129 Å². The molecule has 0 fully saturated rings. The SMILES string of the molecule is CNC(c1c(C)c(C)cc(C)c1C)C(C)c1ccccc1. The summed E-state index contributed by atoms with van der Waals surface area (Å²) in [5.74, 6) is 0.440. The average molecular weight is 281 g/mol. The number of aryl methyl sites for hydroxylation is 2. The van der Waals surface area contributed by atoms with Gasteiger partial charge in [-0.2, -0.15) is 0 Å². The third-order valence-corrected chi connectivity index (χ3v) is 4.87. The number of rotatable bonds is 4.